The van der Waals surface area contributed by atoms with Crippen molar-refractivity contribution in [2.45, 2.75) is 57.5 Å². The van der Waals surface area contributed by atoms with Crippen molar-refractivity contribution in [2.75, 3.05) is 22.8 Å². The fourth-order valence-electron chi connectivity index (χ4n) is 5.13. The number of fused-ring (bicyclic) bond motifs is 2. The molecule has 1 saturated heterocycles. The van der Waals surface area contributed by atoms with Crippen molar-refractivity contribution >= 4 is 27.6 Å². The average Bonchev–Trinajstić information content (AvgIpc) is 3.52. The number of rotatable bonds is 6. The van der Waals surface area contributed by atoms with Crippen molar-refractivity contribution in [3.63, 3.8) is 0 Å². The minimum atomic E-state index is -4.16. The van der Waals surface area contributed by atoms with E-state index >= 15 is 0 Å². The second kappa shape index (κ2) is 8.40. The molecule has 0 radical (unpaired) electrons. The van der Waals surface area contributed by atoms with Gasteiger partial charge in [0.15, 0.2) is 0 Å². The molecule has 1 aliphatic heterocycles. The highest BCUT2D eigenvalue weighted by molar-refractivity contribution is 7.91. The molecule has 2 aromatic rings. The number of aryl methyl sites for hydroxylation is 3. The second-order valence-corrected chi connectivity index (χ2v) is 10.4. The molecule has 172 valence electrons. The van der Waals surface area contributed by atoms with Crippen LogP contribution in [0, 0.1) is 0 Å². The molecule has 10 heteroatoms. The molecule has 2 amide bonds. The van der Waals surface area contributed by atoms with Crippen molar-refractivity contribution in [1.29, 1.82) is 0 Å². The Labute approximate surface area is 188 Å². The van der Waals surface area contributed by atoms with Crippen LogP contribution < -0.4 is 14.3 Å². The van der Waals surface area contributed by atoms with Gasteiger partial charge < -0.3 is 10.1 Å². The van der Waals surface area contributed by atoms with E-state index in [9.17, 15) is 13.2 Å². The van der Waals surface area contributed by atoms with Gasteiger partial charge in [-0.25, -0.2) is 13.8 Å². The number of hydrogen-bond donors (Lipinski definition) is 2. The van der Waals surface area contributed by atoms with Crippen LogP contribution in [-0.4, -0.2) is 43.5 Å². The van der Waals surface area contributed by atoms with Crippen molar-refractivity contribution in [2.24, 2.45) is 7.05 Å². The van der Waals surface area contributed by atoms with Gasteiger partial charge in [-0.1, -0.05) is 6.07 Å². The topological polar surface area (TPSA) is 106 Å². The molecule has 32 heavy (non-hydrogen) atoms. The Hall–Kier alpha value is -2.59. The number of urea groups is 1. The predicted octanol–water partition coefficient (Wildman–Crippen LogP) is 2.45. The van der Waals surface area contributed by atoms with Gasteiger partial charge in [0, 0.05) is 25.5 Å². The van der Waals surface area contributed by atoms with E-state index in [-0.39, 0.29) is 12.6 Å². The first-order chi connectivity index (χ1) is 15.4. The lowest BCUT2D eigenvalue weighted by molar-refractivity contribution is 0.118. The molecule has 0 unspecified atom stereocenters. The van der Waals surface area contributed by atoms with E-state index in [4.69, 9.17) is 4.74 Å². The zero-order chi connectivity index (χ0) is 22.3. The third-order valence-electron chi connectivity index (χ3n) is 6.60. The largest absolute Gasteiger partial charge is 0.376 e. The molecule has 5 rings (SSSR count). The number of ether oxygens (including phenoxy) is 1. The average molecular weight is 460 g/mol. The molecule has 2 aliphatic carbocycles. The molecule has 1 fully saturated rings. The van der Waals surface area contributed by atoms with Crippen LogP contribution in [0.4, 0.5) is 16.2 Å². The smallest absolute Gasteiger partial charge is 0.334 e. The third-order valence-corrected chi connectivity index (χ3v) is 7.98. The summed E-state index contributed by atoms with van der Waals surface area (Å²) in [4.78, 5) is 12.9. The van der Waals surface area contributed by atoms with E-state index in [0.29, 0.717) is 12.3 Å². The minimum Gasteiger partial charge on any atom is -0.376 e. The molecule has 1 atom stereocenters. The van der Waals surface area contributed by atoms with Gasteiger partial charge in [0.05, 0.1) is 24.5 Å². The highest BCUT2D eigenvalue weighted by Gasteiger charge is 2.31. The van der Waals surface area contributed by atoms with Crippen molar-refractivity contribution < 1.29 is 17.9 Å². The number of amides is 2. The lowest BCUT2D eigenvalue weighted by Gasteiger charge is -2.25. The molecule has 1 aromatic carbocycles. The standard InChI is InChI=1S/C22H29N5O4S/c1-26-13-17(12-23-26)27(14-18-7-4-10-31-18)32(29,30)25-22(28)24-21-19-8-2-5-15(19)11-16-6-3-9-20(16)21/h11-13,18H,2-10,14H2,1H3,(H2,24,25,28)/t18-/m1/s1. The zero-order valence-electron chi connectivity index (χ0n) is 18.3. The molecule has 0 bridgehead atoms. The molecular formula is C22H29N5O4S. The Bertz CT molecular complexity index is 1110. The number of nitrogens with one attached hydrogen (secondary N) is 2. The zero-order valence-corrected chi connectivity index (χ0v) is 19.1. The van der Waals surface area contributed by atoms with Crippen LogP contribution in [0.5, 0.6) is 0 Å². The van der Waals surface area contributed by atoms with Gasteiger partial charge in [0.1, 0.15) is 0 Å². The van der Waals surface area contributed by atoms with Crippen molar-refractivity contribution in [3.8, 4) is 0 Å². The summed E-state index contributed by atoms with van der Waals surface area (Å²) in [6.45, 7) is 0.744. The molecule has 0 saturated carbocycles. The highest BCUT2D eigenvalue weighted by Crippen LogP contribution is 2.38. The Morgan fingerprint density at radius 3 is 2.50 bits per heavy atom. The summed E-state index contributed by atoms with van der Waals surface area (Å²) in [5.74, 6) is 0. The van der Waals surface area contributed by atoms with E-state index in [1.165, 1.54) is 26.3 Å². The van der Waals surface area contributed by atoms with Gasteiger partial charge in [-0.15, -0.1) is 0 Å². The SMILES string of the molecule is Cn1cc(N(C[C@H]2CCCO2)S(=O)(=O)NC(=O)Nc2c3c(cc4c2CCC4)CCC3)cn1. The van der Waals surface area contributed by atoms with Crippen LogP contribution in [0.1, 0.15) is 47.9 Å². The number of carbonyl (C=O) groups excluding carboxylic acids is 1. The van der Waals surface area contributed by atoms with Gasteiger partial charge >= 0.3 is 16.2 Å². The van der Waals surface area contributed by atoms with E-state index in [0.717, 1.165) is 68.2 Å². The van der Waals surface area contributed by atoms with E-state index in [1.54, 1.807) is 13.2 Å². The molecule has 2 heterocycles. The Balaban J connectivity index is 1.38. The summed E-state index contributed by atoms with van der Waals surface area (Å²) in [6, 6.07) is 1.54. The van der Waals surface area contributed by atoms with E-state index in [1.807, 2.05) is 0 Å². The van der Waals surface area contributed by atoms with Crippen LogP contribution in [-0.2, 0) is 47.7 Å². The molecule has 2 N–H and O–H groups in total. The summed E-state index contributed by atoms with van der Waals surface area (Å²) >= 11 is 0. The maximum absolute atomic E-state index is 13.3. The minimum absolute atomic E-state index is 0.129. The first-order valence-corrected chi connectivity index (χ1v) is 12.7. The van der Waals surface area contributed by atoms with Gasteiger partial charge in [-0.05, 0) is 73.6 Å². The highest BCUT2D eigenvalue weighted by atomic mass is 32.2. The van der Waals surface area contributed by atoms with Crippen LogP contribution in [0.25, 0.3) is 0 Å². The third kappa shape index (κ3) is 4.09. The van der Waals surface area contributed by atoms with E-state index in [2.05, 4.69) is 21.2 Å². The van der Waals surface area contributed by atoms with Gasteiger partial charge in [-0.3, -0.25) is 4.68 Å². The normalized spacial score (nSPS) is 19.6. The first kappa shape index (κ1) is 21.3. The number of aromatic nitrogens is 2. The Kier molecular flexibility index (Phi) is 5.58. The first-order valence-electron chi connectivity index (χ1n) is 11.3. The Morgan fingerprint density at radius 2 is 1.91 bits per heavy atom. The lowest BCUT2D eigenvalue weighted by Crippen LogP contribution is -2.48. The summed E-state index contributed by atoms with van der Waals surface area (Å²) in [6.07, 6.45) is 10.5. The number of benzene rings is 1. The lowest BCUT2D eigenvalue weighted by atomic mass is 9.99. The molecule has 3 aliphatic rings. The van der Waals surface area contributed by atoms with Gasteiger partial charge in [0.2, 0.25) is 0 Å². The van der Waals surface area contributed by atoms with Crippen LogP contribution in [0.15, 0.2) is 18.5 Å². The summed E-state index contributed by atoms with van der Waals surface area (Å²) in [7, 11) is -2.44. The second-order valence-electron chi connectivity index (χ2n) is 8.83. The molecule has 1 aromatic heterocycles. The Morgan fingerprint density at radius 1 is 1.19 bits per heavy atom. The monoisotopic (exact) mass is 459 g/mol. The molecule has 0 spiro atoms. The predicted molar refractivity (Wildman–Crippen MR) is 121 cm³/mol. The number of hydrogen-bond acceptors (Lipinski definition) is 5. The van der Waals surface area contributed by atoms with Gasteiger partial charge in [-0.2, -0.15) is 13.5 Å². The van der Waals surface area contributed by atoms with Crippen LogP contribution >= 0.6 is 0 Å². The van der Waals surface area contributed by atoms with Crippen molar-refractivity contribution in [1.82, 2.24) is 14.5 Å². The maximum Gasteiger partial charge on any atom is 0.334 e. The number of carbonyl (C=O) groups is 1. The maximum atomic E-state index is 13.3. The fraction of sp³-hybridized carbons (Fsp3) is 0.545. The van der Waals surface area contributed by atoms with Crippen LogP contribution in [0.3, 0.4) is 0 Å². The summed E-state index contributed by atoms with van der Waals surface area (Å²) in [5, 5.41) is 6.99. The number of nitrogens with zero attached hydrogens (tertiary/aromatic N) is 3. The summed E-state index contributed by atoms with van der Waals surface area (Å²) < 4.78 is 37.1. The van der Waals surface area contributed by atoms with E-state index < -0.39 is 16.2 Å². The molecule has 9 nitrogen and oxygen atoms in total. The number of anilines is 2. The van der Waals surface area contributed by atoms with Crippen molar-refractivity contribution in [3.05, 3.63) is 40.7 Å². The summed E-state index contributed by atoms with van der Waals surface area (Å²) in [5.41, 5.74) is 6.07. The molecular weight excluding hydrogens is 430 g/mol. The fourth-order valence-corrected chi connectivity index (χ4v) is 6.26. The quantitative estimate of drug-likeness (QED) is 0.690. The van der Waals surface area contributed by atoms with Crippen LogP contribution in [0.2, 0.25) is 0 Å². The van der Waals surface area contributed by atoms with Gasteiger partial charge in [0.25, 0.3) is 0 Å².